The molecule has 42 heavy (non-hydrogen) atoms. The smallest absolute Gasteiger partial charge is 0.282 e. The molecule has 1 N–H and O–H groups in total. The van der Waals surface area contributed by atoms with E-state index in [4.69, 9.17) is 14.5 Å². The number of benzene rings is 3. The van der Waals surface area contributed by atoms with Crippen molar-refractivity contribution < 1.29 is 14.3 Å². The highest BCUT2D eigenvalue weighted by atomic mass is 79.9. The van der Waals surface area contributed by atoms with E-state index in [1.54, 1.807) is 24.4 Å². The summed E-state index contributed by atoms with van der Waals surface area (Å²) in [5, 5.41) is 8.04. The minimum absolute atomic E-state index is 0.167. The van der Waals surface area contributed by atoms with Gasteiger partial charge in [0.25, 0.3) is 11.5 Å². The van der Waals surface area contributed by atoms with Crippen LogP contribution in [-0.2, 0) is 4.79 Å². The Kier molecular flexibility index (Phi) is 9.74. The Morgan fingerprint density at radius 2 is 1.83 bits per heavy atom. The fraction of sp³-hybridized carbons (Fsp3) is 0.312. The summed E-state index contributed by atoms with van der Waals surface area (Å²) in [5.74, 6) is 1.45. The summed E-state index contributed by atoms with van der Waals surface area (Å²) in [4.78, 5) is 31.2. The molecule has 0 spiro atoms. The van der Waals surface area contributed by atoms with Crippen molar-refractivity contribution in [2.75, 3.05) is 18.5 Å². The normalized spacial score (nSPS) is 13.9. The predicted molar refractivity (Wildman–Crippen MR) is 173 cm³/mol. The van der Waals surface area contributed by atoms with Gasteiger partial charge in [-0.05, 0) is 84.6 Å². The summed E-state index contributed by atoms with van der Waals surface area (Å²) in [6.07, 6.45) is 6.99. The fourth-order valence-corrected chi connectivity index (χ4v) is 5.88. The van der Waals surface area contributed by atoms with Crippen LogP contribution >= 0.6 is 31.9 Å². The van der Waals surface area contributed by atoms with Crippen LogP contribution < -0.4 is 20.3 Å². The second kappa shape index (κ2) is 13.6. The molecule has 10 heteroatoms. The SMILES string of the molecule is CCOc1cc(C=Nn2c(C3CCCCC3)nc3ccc(Br)cc3c2=O)c(Br)cc1OCC(=O)Nc1ccccc1C. The van der Waals surface area contributed by atoms with Crippen molar-refractivity contribution in [3.63, 3.8) is 0 Å². The fourth-order valence-electron chi connectivity index (χ4n) is 5.10. The molecule has 0 atom stereocenters. The number of para-hydroxylation sites is 1. The number of aromatic nitrogens is 2. The number of ether oxygens (including phenoxy) is 2. The van der Waals surface area contributed by atoms with E-state index in [-0.39, 0.29) is 24.0 Å². The molecule has 0 saturated heterocycles. The Labute approximate surface area is 261 Å². The standard InChI is InChI=1S/C32H32Br2N4O4/c1-3-41-28-15-22(25(34)17-29(28)42-19-30(39)36-26-12-8-7-9-20(26)2)18-35-38-31(21-10-5-4-6-11-21)37-27-14-13-23(33)16-24(27)32(38)40/h7-9,12-18,21H,3-6,10-11,19H2,1-2H3,(H,36,39). The quantitative estimate of drug-likeness (QED) is 0.182. The molecule has 0 radical (unpaired) electrons. The van der Waals surface area contributed by atoms with Crippen molar-refractivity contribution >= 4 is 60.6 Å². The third-order valence-corrected chi connectivity index (χ3v) is 8.44. The minimum Gasteiger partial charge on any atom is -0.490 e. The van der Waals surface area contributed by atoms with Crippen LogP contribution in [0.1, 0.15) is 61.9 Å². The van der Waals surface area contributed by atoms with E-state index in [1.807, 2.05) is 50.2 Å². The van der Waals surface area contributed by atoms with Crippen molar-refractivity contribution in [2.24, 2.45) is 5.10 Å². The lowest BCUT2D eigenvalue weighted by Crippen LogP contribution is -2.25. The molecule has 1 aliphatic rings. The van der Waals surface area contributed by atoms with Gasteiger partial charge in [-0.1, -0.05) is 53.4 Å². The van der Waals surface area contributed by atoms with Gasteiger partial charge in [0.2, 0.25) is 0 Å². The van der Waals surface area contributed by atoms with Crippen LogP contribution in [0.2, 0.25) is 0 Å². The summed E-state index contributed by atoms with van der Waals surface area (Å²) in [6.45, 7) is 4.02. The molecule has 4 aromatic rings. The summed E-state index contributed by atoms with van der Waals surface area (Å²) >= 11 is 7.07. The Bertz CT molecular complexity index is 1700. The molecule has 1 saturated carbocycles. The van der Waals surface area contributed by atoms with Gasteiger partial charge in [-0.15, -0.1) is 0 Å². The number of fused-ring (bicyclic) bond motifs is 1. The first kappa shape index (κ1) is 30.0. The number of aryl methyl sites for hydroxylation is 1. The number of anilines is 1. The van der Waals surface area contributed by atoms with Gasteiger partial charge < -0.3 is 14.8 Å². The molecule has 1 aromatic heterocycles. The van der Waals surface area contributed by atoms with Crippen molar-refractivity contribution in [1.29, 1.82) is 0 Å². The predicted octanol–water partition coefficient (Wildman–Crippen LogP) is 7.58. The van der Waals surface area contributed by atoms with E-state index in [2.05, 4.69) is 42.3 Å². The molecule has 3 aromatic carbocycles. The van der Waals surface area contributed by atoms with Crippen molar-refractivity contribution in [1.82, 2.24) is 9.66 Å². The first-order chi connectivity index (χ1) is 20.3. The maximum atomic E-state index is 13.7. The molecule has 0 unspecified atom stereocenters. The van der Waals surface area contributed by atoms with Gasteiger partial charge in [0, 0.05) is 26.1 Å². The highest BCUT2D eigenvalue weighted by Gasteiger charge is 2.23. The molecule has 0 aliphatic heterocycles. The Hall–Kier alpha value is -3.50. The first-order valence-corrected chi connectivity index (χ1v) is 15.6. The zero-order chi connectivity index (χ0) is 29.6. The van der Waals surface area contributed by atoms with Gasteiger partial charge in [-0.3, -0.25) is 9.59 Å². The first-order valence-electron chi connectivity index (χ1n) is 14.0. The van der Waals surface area contributed by atoms with Gasteiger partial charge in [0.15, 0.2) is 18.1 Å². The van der Waals surface area contributed by atoms with Crippen molar-refractivity contribution in [3.05, 3.63) is 90.8 Å². The molecule has 1 heterocycles. The number of hydrogen-bond donors (Lipinski definition) is 1. The molecule has 1 fully saturated rings. The molecular formula is C32H32Br2N4O4. The highest BCUT2D eigenvalue weighted by Crippen LogP contribution is 2.34. The van der Waals surface area contributed by atoms with E-state index in [1.165, 1.54) is 11.1 Å². The van der Waals surface area contributed by atoms with E-state index in [0.717, 1.165) is 41.4 Å². The monoisotopic (exact) mass is 694 g/mol. The average Bonchev–Trinajstić information content (AvgIpc) is 2.99. The number of carbonyl (C=O) groups excluding carboxylic acids is 1. The van der Waals surface area contributed by atoms with Crippen LogP contribution in [0, 0.1) is 6.92 Å². The van der Waals surface area contributed by atoms with Crippen LogP contribution in [0.5, 0.6) is 11.5 Å². The maximum Gasteiger partial charge on any atom is 0.282 e. The lowest BCUT2D eigenvalue weighted by molar-refractivity contribution is -0.118. The topological polar surface area (TPSA) is 94.8 Å². The Morgan fingerprint density at radius 1 is 1.07 bits per heavy atom. The van der Waals surface area contributed by atoms with Crippen LogP contribution in [0.25, 0.3) is 10.9 Å². The summed E-state index contributed by atoms with van der Waals surface area (Å²) in [6, 6.07) is 16.6. The summed E-state index contributed by atoms with van der Waals surface area (Å²) in [5.41, 5.74) is 2.85. The van der Waals surface area contributed by atoms with Gasteiger partial charge in [-0.2, -0.15) is 9.78 Å². The highest BCUT2D eigenvalue weighted by molar-refractivity contribution is 9.10. The minimum atomic E-state index is -0.279. The van der Waals surface area contributed by atoms with E-state index in [0.29, 0.717) is 44.9 Å². The van der Waals surface area contributed by atoms with Gasteiger partial charge >= 0.3 is 0 Å². The Balaban J connectivity index is 1.44. The van der Waals surface area contributed by atoms with Gasteiger partial charge in [0.05, 0.1) is 23.7 Å². The van der Waals surface area contributed by atoms with Crippen molar-refractivity contribution in [3.8, 4) is 11.5 Å². The molecular weight excluding hydrogens is 664 g/mol. The second-order valence-corrected chi connectivity index (χ2v) is 12.0. The zero-order valence-corrected chi connectivity index (χ0v) is 26.7. The van der Waals surface area contributed by atoms with Crippen LogP contribution in [0.3, 0.4) is 0 Å². The van der Waals surface area contributed by atoms with Gasteiger partial charge in [-0.25, -0.2) is 4.98 Å². The molecule has 1 aliphatic carbocycles. The number of halogens is 2. The summed E-state index contributed by atoms with van der Waals surface area (Å²) < 4.78 is 14.6. The van der Waals surface area contributed by atoms with E-state index in [9.17, 15) is 9.59 Å². The lowest BCUT2D eigenvalue weighted by atomic mass is 9.88. The largest absolute Gasteiger partial charge is 0.490 e. The molecule has 1 amide bonds. The lowest BCUT2D eigenvalue weighted by Gasteiger charge is -2.22. The Morgan fingerprint density at radius 3 is 2.60 bits per heavy atom. The zero-order valence-electron chi connectivity index (χ0n) is 23.5. The second-order valence-electron chi connectivity index (χ2n) is 10.2. The number of hydrogen-bond acceptors (Lipinski definition) is 6. The number of nitrogens with zero attached hydrogens (tertiary/aromatic N) is 3. The van der Waals surface area contributed by atoms with Crippen LogP contribution in [-0.4, -0.2) is 35.0 Å². The van der Waals surface area contributed by atoms with Gasteiger partial charge in [0.1, 0.15) is 5.82 Å². The third-order valence-electron chi connectivity index (χ3n) is 7.26. The molecule has 0 bridgehead atoms. The van der Waals surface area contributed by atoms with Crippen LogP contribution in [0.15, 0.2) is 73.4 Å². The number of amides is 1. The van der Waals surface area contributed by atoms with Crippen molar-refractivity contribution in [2.45, 2.75) is 51.9 Å². The average molecular weight is 696 g/mol. The van der Waals surface area contributed by atoms with Crippen LogP contribution in [0.4, 0.5) is 5.69 Å². The molecule has 5 rings (SSSR count). The summed E-state index contributed by atoms with van der Waals surface area (Å²) in [7, 11) is 0. The van der Waals surface area contributed by atoms with E-state index >= 15 is 0 Å². The maximum absolute atomic E-state index is 13.7. The van der Waals surface area contributed by atoms with E-state index < -0.39 is 0 Å². The third kappa shape index (κ3) is 6.93. The molecule has 8 nitrogen and oxygen atoms in total. The number of nitrogens with one attached hydrogen (secondary N) is 1. The number of carbonyl (C=O) groups is 1. The number of rotatable bonds is 9. The molecule has 218 valence electrons.